The molecule has 1 amide bonds. The number of hydrogen-bond acceptors (Lipinski definition) is 3. The number of rotatable bonds is 5. The lowest BCUT2D eigenvalue weighted by Crippen LogP contribution is -2.25. The molecule has 0 aliphatic rings. The quantitative estimate of drug-likeness (QED) is 0.671. The lowest BCUT2D eigenvalue weighted by atomic mass is 10.2. The molecule has 16 heavy (non-hydrogen) atoms. The Morgan fingerprint density at radius 3 is 2.94 bits per heavy atom. The van der Waals surface area contributed by atoms with Crippen molar-refractivity contribution in [3.8, 4) is 0 Å². The van der Waals surface area contributed by atoms with Crippen LogP contribution in [-0.4, -0.2) is 26.2 Å². The summed E-state index contributed by atoms with van der Waals surface area (Å²) in [4.78, 5) is 16.5. The molecule has 0 atom stereocenters. The maximum Gasteiger partial charge on any atom is 0.276 e. The third kappa shape index (κ3) is 4.09. The minimum atomic E-state index is -0.356. The Morgan fingerprint density at radius 2 is 2.25 bits per heavy atom. The topological polar surface area (TPSA) is 47.6 Å². The SMILES string of the molecule is COCCONC(=O)c1cc(Cl)ccc1Br. The highest BCUT2D eigenvalue weighted by atomic mass is 79.9. The van der Waals surface area contributed by atoms with Gasteiger partial charge in [0.2, 0.25) is 0 Å². The molecule has 0 aliphatic heterocycles. The lowest BCUT2D eigenvalue weighted by molar-refractivity contribution is 0.00884. The van der Waals surface area contributed by atoms with E-state index in [0.717, 1.165) is 0 Å². The molecule has 0 radical (unpaired) electrons. The summed E-state index contributed by atoms with van der Waals surface area (Å²) in [6, 6.07) is 4.95. The normalized spacial score (nSPS) is 10.2. The van der Waals surface area contributed by atoms with Crippen molar-refractivity contribution in [2.45, 2.75) is 0 Å². The van der Waals surface area contributed by atoms with Gasteiger partial charge < -0.3 is 4.74 Å². The van der Waals surface area contributed by atoms with E-state index in [1.165, 1.54) is 0 Å². The van der Waals surface area contributed by atoms with E-state index < -0.39 is 0 Å². The first kappa shape index (κ1) is 13.4. The molecule has 1 aromatic carbocycles. The van der Waals surface area contributed by atoms with Crippen LogP contribution in [0.5, 0.6) is 0 Å². The monoisotopic (exact) mass is 307 g/mol. The highest BCUT2D eigenvalue weighted by molar-refractivity contribution is 9.10. The summed E-state index contributed by atoms with van der Waals surface area (Å²) in [5.74, 6) is -0.356. The zero-order chi connectivity index (χ0) is 12.0. The number of benzene rings is 1. The molecule has 0 heterocycles. The van der Waals surface area contributed by atoms with Gasteiger partial charge in [0.25, 0.3) is 5.91 Å². The van der Waals surface area contributed by atoms with Crippen molar-refractivity contribution in [2.24, 2.45) is 0 Å². The fourth-order valence-electron chi connectivity index (χ4n) is 0.968. The van der Waals surface area contributed by atoms with E-state index in [1.807, 2.05) is 0 Å². The smallest absolute Gasteiger partial charge is 0.276 e. The molecule has 4 nitrogen and oxygen atoms in total. The van der Waals surface area contributed by atoms with Gasteiger partial charge in [-0.05, 0) is 34.1 Å². The Hall–Kier alpha value is -0.620. The highest BCUT2D eigenvalue weighted by Gasteiger charge is 2.10. The van der Waals surface area contributed by atoms with Crippen LogP contribution < -0.4 is 5.48 Å². The Bertz CT molecular complexity index is 373. The van der Waals surface area contributed by atoms with Crippen molar-refractivity contribution in [3.63, 3.8) is 0 Å². The summed E-state index contributed by atoms with van der Waals surface area (Å²) in [5.41, 5.74) is 2.72. The Balaban J connectivity index is 2.55. The summed E-state index contributed by atoms with van der Waals surface area (Å²) < 4.78 is 5.42. The largest absolute Gasteiger partial charge is 0.382 e. The zero-order valence-electron chi connectivity index (χ0n) is 8.63. The third-order valence-electron chi connectivity index (χ3n) is 1.73. The van der Waals surface area contributed by atoms with Gasteiger partial charge in [0.05, 0.1) is 18.8 Å². The van der Waals surface area contributed by atoms with E-state index in [1.54, 1.807) is 25.3 Å². The number of ether oxygens (including phenoxy) is 1. The number of amides is 1. The first-order chi connectivity index (χ1) is 7.65. The van der Waals surface area contributed by atoms with Crippen molar-refractivity contribution in [2.75, 3.05) is 20.3 Å². The van der Waals surface area contributed by atoms with Gasteiger partial charge >= 0.3 is 0 Å². The Labute approximate surface area is 107 Å². The molecule has 0 spiro atoms. The highest BCUT2D eigenvalue weighted by Crippen LogP contribution is 2.20. The zero-order valence-corrected chi connectivity index (χ0v) is 11.0. The fourth-order valence-corrected chi connectivity index (χ4v) is 1.57. The molecule has 1 rings (SSSR count). The maximum absolute atomic E-state index is 11.6. The van der Waals surface area contributed by atoms with E-state index in [9.17, 15) is 4.79 Å². The Morgan fingerprint density at radius 1 is 1.50 bits per heavy atom. The number of hydroxylamine groups is 1. The molecular formula is C10H11BrClNO3. The van der Waals surface area contributed by atoms with Crippen LogP contribution in [0.2, 0.25) is 5.02 Å². The molecule has 0 saturated heterocycles. The summed E-state index contributed by atoms with van der Waals surface area (Å²) in [6.45, 7) is 0.706. The first-order valence-corrected chi connectivity index (χ1v) is 5.68. The third-order valence-corrected chi connectivity index (χ3v) is 2.65. The summed E-state index contributed by atoms with van der Waals surface area (Å²) >= 11 is 9.04. The van der Waals surface area contributed by atoms with Crippen LogP contribution in [0.4, 0.5) is 0 Å². The van der Waals surface area contributed by atoms with Crippen LogP contribution in [0, 0.1) is 0 Å². The minimum absolute atomic E-state index is 0.292. The summed E-state index contributed by atoms with van der Waals surface area (Å²) in [7, 11) is 1.55. The minimum Gasteiger partial charge on any atom is -0.382 e. The van der Waals surface area contributed by atoms with Crippen LogP contribution in [-0.2, 0) is 9.57 Å². The van der Waals surface area contributed by atoms with Gasteiger partial charge in [-0.2, -0.15) is 0 Å². The van der Waals surface area contributed by atoms with E-state index in [4.69, 9.17) is 21.2 Å². The van der Waals surface area contributed by atoms with E-state index in [0.29, 0.717) is 28.3 Å². The van der Waals surface area contributed by atoms with Crippen LogP contribution in [0.15, 0.2) is 22.7 Å². The van der Waals surface area contributed by atoms with Crippen molar-refractivity contribution >= 4 is 33.4 Å². The van der Waals surface area contributed by atoms with Gasteiger partial charge in [0.15, 0.2) is 0 Å². The van der Waals surface area contributed by atoms with Gasteiger partial charge in [0.1, 0.15) is 0 Å². The molecule has 1 N–H and O–H groups in total. The molecule has 88 valence electrons. The summed E-state index contributed by atoms with van der Waals surface area (Å²) in [5, 5.41) is 0.491. The lowest BCUT2D eigenvalue weighted by Gasteiger charge is -2.07. The van der Waals surface area contributed by atoms with Crippen LogP contribution in [0.3, 0.4) is 0 Å². The van der Waals surface area contributed by atoms with Crippen LogP contribution in [0.1, 0.15) is 10.4 Å². The fraction of sp³-hybridized carbons (Fsp3) is 0.300. The van der Waals surface area contributed by atoms with Crippen molar-refractivity contribution in [3.05, 3.63) is 33.3 Å². The number of halogens is 2. The second-order valence-electron chi connectivity index (χ2n) is 2.90. The predicted molar refractivity (Wildman–Crippen MR) is 64.4 cm³/mol. The van der Waals surface area contributed by atoms with Crippen molar-refractivity contribution in [1.82, 2.24) is 5.48 Å². The summed E-state index contributed by atoms with van der Waals surface area (Å²) in [6.07, 6.45) is 0. The van der Waals surface area contributed by atoms with E-state index >= 15 is 0 Å². The molecule has 0 aliphatic carbocycles. The number of carbonyl (C=O) groups is 1. The Kier molecular flexibility index (Phi) is 5.76. The average Bonchev–Trinajstić information content (AvgIpc) is 2.27. The molecule has 0 aromatic heterocycles. The van der Waals surface area contributed by atoms with E-state index in [2.05, 4.69) is 21.4 Å². The van der Waals surface area contributed by atoms with Crippen LogP contribution in [0.25, 0.3) is 0 Å². The number of methoxy groups -OCH3 is 1. The van der Waals surface area contributed by atoms with Gasteiger partial charge in [-0.1, -0.05) is 11.6 Å². The number of carbonyl (C=O) groups excluding carboxylic acids is 1. The van der Waals surface area contributed by atoms with Crippen molar-refractivity contribution < 1.29 is 14.4 Å². The standard InChI is InChI=1S/C10H11BrClNO3/c1-15-4-5-16-13-10(14)8-6-7(12)2-3-9(8)11/h2-3,6H,4-5H2,1H3,(H,13,14). The average molecular weight is 309 g/mol. The molecule has 1 aromatic rings. The molecular weight excluding hydrogens is 297 g/mol. The second kappa shape index (κ2) is 6.85. The van der Waals surface area contributed by atoms with Gasteiger partial charge in [-0.25, -0.2) is 5.48 Å². The number of hydrogen-bond donors (Lipinski definition) is 1. The van der Waals surface area contributed by atoms with E-state index in [-0.39, 0.29) is 5.91 Å². The molecule has 0 fully saturated rings. The number of nitrogens with one attached hydrogen (secondary N) is 1. The molecule has 0 unspecified atom stereocenters. The van der Waals surface area contributed by atoms with Crippen molar-refractivity contribution in [1.29, 1.82) is 0 Å². The second-order valence-corrected chi connectivity index (χ2v) is 4.19. The molecule has 0 bridgehead atoms. The van der Waals surface area contributed by atoms with Crippen LogP contribution >= 0.6 is 27.5 Å². The molecule has 6 heteroatoms. The van der Waals surface area contributed by atoms with Gasteiger partial charge in [0, 0.05) is 16.6 Å². The van der Waals surface area contributed by atoms with Gasteiger partial charge in [-0.15, -0.1) is 0 Å². The first-order valence-electron chi connectivity index (χ1n) is 4.51. The van der Waals surface area contributed by atoms with Gasteiger partial charge in [-0.3, -0.25) is 9.63 Å². The maximum atomic E-state index is 11.6. The molecule has 0 saturated carbocycles. The predicted octanol–water partition coefficient (Wildman–Crippen LogP) is 2.41.